The average molecular weight is 185 g/mol. The predicted molar refractivity (Wildman–Crippen MR) is 53.8 cm³/mol. The molecule has 0 amide bonds. The van der Waals surface area contributed by atoms with E-state index in [9.17, 15) is 5.11 Å². The minimum Gasteiger partial charge on any atom is -0.391 e. The summed E-state index contributed by atoms with van der Waals surface area (Å²) in [5, 5.41) is 15.8. The topological polar surface area (TPSA) is 56.6 Å². The first-order chi connectivity index (χ1) is 6.13. The highest BCUT2D eigenvalue weighted by atomic mass is 16.3. The van der Waals surface area contributed by atoms with Gasteiger partial charge in [-0.15, -0.1) is 0 Å². The van der Waals surface area contributed by atoms with Crippen LogP contribution in [0.5, 0.6) is 0 Å². The van der Waals surface area contributed by atoms with Gasteiger partial charge in [0.2, 0.25) is 0 Å². The van der Waals surface area contributed by atoms with E-state index in [0.29, 0.717) is 6.04 Å². The zero-order valence-electron chi connectivity index (χ0n) is 8.54. The van der Waals surface area contributed by atoms with Gasteiger partial charge in [-0.05, 0) is 20.3 Å². The second kappa shape index (κ2) is 4.46. The van der Waals surface area contributed by atoms with Gasteiger partial charge in [0, 0.05) is 6.04 Å². The molecule has 1 aliphatic rings. The summed E-state index contributed by atoms with van der Waals surface area (Å²) < 4.78 is 0. The lowest BCUT2D eigenvalue weighted by molar-refractivity contribution is 0.138. The largest absolute Gasteiger partial charge is 0.391 e. The average Bonchev–Trinajstić information content (AvgIpc) is 2.49. The minimum absolute atomic E-state index is 0.0570. The number of rotatable bonds is 3. The van der Waals surface area contributed by atoms with Crippen LogP contribution in [0.25, 0.3) is 0 Å². The number of nitrogens with zero attached hydrogens (tertiary/aromatic N) is 1. The molecule has 1 aliphatic heterocycles. The molecular formula is C9H19N3O. The molecule has 3 N–H and O–H groups in total. The zero-order chi connectivity index (χ0) is 9.84. The number of guanidine groups is 1. The van der Waals surface area contributed by atoms with Crippen molar-refractivity contribution in [2.24, 2.45) is 4.99 Å². The molecule has 0 aromatic heterocycles. The van der Waals surface area contributed by atoms with Gasteiger partial charge in [0.1, 0.15) is 0 Å². The van der Waals surface area contributed by atoms with Gasteiger partial charge in [-0.25, -0.2) is 0 Å². The third kappa shape index (κ3) is 2.88. The number of aliphatic hydroxyl groups is 1. The van der Waals surface area contributed by atoms with E-state index in [1.165, 1.54) is 0 Å². The molecule has 13 heavy (non-hydrogen) atoms. The van der Waals surface area contributed by atoms with Crippen LogP contribution in [0.2, 0.25) is 0 Å². The van der Waals surface area contributed by atoms with Crippen molar-refractivity contribution in [2.45, 2.75) is 45.4 Å². The van der Waals surface area contributed by atoms with E-state index < -0.39 is 0 Å². The standard InChI is InChI=1S/C9H19N3O/c1-4-8(13)7(3)12-9-10-5-6(2)11-9/h6-8,13H,4-5H2,1-3H3,(H2,10,11,12). The number of hydrogen-bond donors (Lipinski definition) is 3. The van der Waals surface area contributed by atoms with Crippen LogP contribution < -0.4 is 10.6 Å². The molecule has 0 aromatic rings. The Bertz CT molecular complexity index is 193. The molecule has 1 rings (SSSR count). The fraction of sp³-hybridized carbons (Fsp3) is 0.889. The lowest BCUT2D eigenvalue weighted by Gasteiger charge is -2.20. The molecule has 0 fully saturated rings. The number of aliphatic hydroxyl groups excluding tert-OH is 1. The minimum atomic E-state index is -0.305. The normalized spacial score (nSPS) is 26.2. The molecule has 1 heterocycles. The highest BCUT2D eigenvalue weighted by molar-refractivity contribution is 5.81. The van der Waals surface area contributed by atoms with Crippen molar-refractivity contribution in [1.82, 2.24) is 10.6 Å². The summed E-state index contributed by atoms with van der Waals surface area (Å²) >= 11 is 0. The molecule has 0 aromatic carbocycles. The van der Waals surface area contributed by atoms with Crippen molar-refractivity contribution in [3.8, 4) is 0 Å². The summed E-state index contributed by atoms with van der Waals surface area (Å²) in [5.74, 6) is 0.813. The molecular weight excluding hydrogens is 166 g/mol. The van der Waals surface area contributed by atoms with Crippen LogP contribution in [-0.4, -0.2) is 35.8 Å². The Kier molecular flexibility index (Phi) is 3.54. The van der Waals surface area contributed by atoms with E-state index in [4.69, 9.17) is 0 Å². The SMILES string of the molecule is CCC(O)C(C)NC1=NCC(C)N1. The van der Waals surface area contributed by atoms with Gasteiger partial charge in [0.25, 0.3) is 0 Å². The van der Waals surface area contributed by atoms with Crippen LogP contribution in [0.1, 0.15) is 27.2 Å². The van der Waals surface area contributed by atoms with Gasteiger partial charge in [0.05, 0.1) is 18.7 Å². The summed E-state index contributed by atoms with van der Waals surface area (Å²) in [6, 6.07) is 0.468. The van der Waals surface area contributed by atoms with Crippen LogP contribution >= 0.6 is 0 Å². The first-order valence-corrected chi connectivity index (χ1v) is 4.89. The Hall–Kier alpha value is -0.770. The molecule has 0 aliphatic carbocycles. The fourth-order valence-corrected chi connectivity index (χ4v) is 1.31. The Morgan fingerprint density at radius 2 is 2.46 bits per heavy atom. The smallest absolute Gasteiger partial charge is 0.191 e. The summed E-state index contributed by atoms with van der Waals surface area (Å²) in [7, 11) is 0. The Balaban J connectivity index is 2.32. The second-order valence-electron chi connectivity index (χ2n) is 3.64. The van der Waals surface area contributed by atoms with E-state index >= 15 is 0 Å². The highest BCUT2D eigenvalue weighted by Crippen LogP contribution is 1.99. The third-order valence-corrected chi connectivity index (χ3v) is 2.27. The second-order valence-corrected chi connectivity index (χ2v) is 3.64. The first kappa shape index (κ1) is 10.3. The molecule has 4 nitrogen and oxygen atoms in total. The van der Waals surface area contributed by atoms with E-state index in [2.05, 4.69) is 22.5 Å². The van der Waals surface area contributed by atoms with E-state index in [-0.39, 0.29) is 12.1 Å². The molecule has 4 heteroatoms. The quantitative estimate of drug-likeness (QED) is 0.584. The van der Waals surface area contributed by atoms with E-state index in [1.807, 2.05) is 13.8 Å². The van der Waals surface area contributed by atoms with Crippen molar-refractivity contribution in [1.29, 1.82) is 0 Å². The predicted octanol–water partition coefficient (Wildman–Crippen LogP) is 0.0831. The Morgan fingerprint density at radius 3 is 2.92 bits per heavy atom. The van der Waals surface area contributed by atoms with Crippen molar-refractivity contribution < 1.29 is 5.11 Å². The van der Waals surface area contributed by atoms with E-state index in [0.717, 1.165) is 18.9 Å². The van der Waals surface area contributed by atoms with Gasteiger partial charge in [-0.3, -0.25) is 4.99 Å². The highest BCUT2D eigenvalue weighted by Gasteiger charge is 2.17. The maximum Gasteiger partial charge on any atom is 0.191 e. The van der Waals surface area contributed by atoms with Gasteiger partial charge < -0.3 is 15.7 Å². The van der Waals surface area contributed by atoms with Crippen LogP contribution in [-0.2, 0) is 0 Å². The van der Waals surface area contributed by atoms with Crippen LogP contribution in [0.3, 0.4) is 0 Å². The molecule has 0 saturated carbocycles. The molecule has 0 spiro atoms. The molecule has 3 unspecified atom stereocenters. The van der Waals surface area contributed by atoms with Gasteiger partial charge in [-0.2, -0.15) is 0 Å². The van der Waals surface area contributed by atoms with Crippen molar-refractivity contribution in [2.75, 3.05) is 6.54 Å². The monoisotopic (exact) mass is 185 g/mol. The number of hydrogen-bond acceptors (Lipinski definition) is 4. The maximum atomic E-state index is 9.51. The zero-order valence-corrected chi connectivity index (χ0v) is 8.54. The number of aliphatic imine (C=N–C) groups is 1. The fourth-order valence-electron chi connectivity index (χ4n) is 1.31. The van der Waals surface area contributed by atoms with Gasteiger partial charge >= 0.3 is 0 Å². The summed E-state index contributed by atoms with van der Waals surface area (Å²) in [5.41, 5.74) is 0. The van der Waals surface area contributed by atoms with E-state index in [1.54, 1.807) is 0 Å². The third-order valence-electron chi connectivity index (χ3n) is 2.27. The lowest BCUT2D eigenvalue weighted by Crippen LogP contribution is -2.46. The summed E-state index contributed by atoms with van der Waals surface area (Å²) in [6.45, 7) is 6.83. The Morgan fingerprint density at radius 1 is 1.77 bits per heavy atom. The molecule has 76 valence electrons. The first-order valence-electron chi connectivity index (χ1n) is 4.89. The molecule has 0 saturated heterocycles. The Labute approximate surface area is 79.4 Å². The maximum absolute atomic E-state index is 9.51. The van der Waals surface area contributed by atoms with Crippen molar-refractivity contribution in [3.63, 3.8) is 0 Å². The van der Waals surface area contributed by atoms with Crippen LogP contribution in [0, 0.1) is 0 Å². The van der Waals surface area contributed by atoms with Crippen molar-refractivity contribution >= 4 is 5.96 Å². The molecule has 0 bridgehead atoms. The lowest BCUT2D eigenvalue weighted by atomic mass is 10.1. The molecule has 3 atom stereocenters. The molecule has 0 radical (unpaired) electrons. The van der Waals surface area contributed by atoms with Gasteiger partial charge in [-0.1, -0.05) is 6.92 Å². The van der Waals surface area contributed by atoms with Crippen molar-refractivity contribution in [3.05, 3.63) is 0 Å². The van der Waals surface area contributed by atoms with Crippen LogP contribution in [0.4, 0.5) is 0 Å². The van der Waals surface area contributed by atoms with Crippen LogP contribution in [0.15, 0.2) is 4.99 Å². The summed E-state index contributed by atoms with van der Waals surface area (Å²) in [6.07, 6.45) is 0.456. The van der Waals surface area contributed by atoms with Gasteiger partial charge in [0.15, 0.2) is 5.96 Å². The summed E-state index contributed by atoms with van der Waals surface area (Å²) in [4.78, 5) is 4.26. The number of nitrogens with one attached hydrogen (secondary N) is 2.